The number of hydrogen-bond acceptors (Lipinski definition) is 6. The number of carbonyl (C=O) groups is 2. The van der Waals surface area contributed by atoms with Gasteiger partial charge in [0, 0.05) is 55.1 Å². The monoisotopic (exact) mass is 494 g/mol. The minimum absolute atomic E-state index is 0.00672. The molecule has 188 valence electrons. The standard InChI is InChI=1S/C29H30N6O2/c1-19(2)29(37)34(3)24-13-14-35(18-24)26-12-9-21-15-23(10-11-25(21)33-26)32-28(36)27-30-16-22(17-31-27)20-7-5-4-6-8-20/h4-12,15-17,19,24H,13-14,18H2,1-3H3,(H,32,36)/t24-/m1/s1. The van der Waals surface area contributed by atoms with E-state index in [2.05, 4.69) is 20.2 Å². The first-order valence-corrected chi connectivity index (χ1v) is 12.5. The van der Waals surface area contributed by atoms with Crippen LogP contribution in [0.4, 0.5) is 11.5 Å². The number of hydrogen-bond donors (Lipinski definition) is 1. The van der Waals surface area contributed by atoms with Crippen LogP contribution in [-0.4, -0.2) is 57.8 Å². The topological polar surface area (TPSA) is 91.3 Å². The molecule has 0 spiro atoms. The van der Waals surface area contributed by atoms with E-state index in [0.717, 1.165) is 47.4 Å². The Morgan fingerprint density at radius 2 is 1.76 bits per heavy atom. The molecule has 0 radical (unpaired) electrons. The highest BCUT2D eigenvalue weighted by Gasteiger charge is 2.30. The van der Waals surface area contributed by atoms with Crippen LogP contribution in [0.2, 0.25) is 0 Å². The van der Waals surface area contributed by atoms with Crippen molar-refractivity contribution in [3.05, 3.63) is 78.9 Å². The van der Waals surface area contributed by atoms with Gasteiger partial charge in [-0.2, -0.15) is 0 Å². The van der Waals surface area contributed by atoms with Crippen LogP contribution >= 0.6 is 0 Å². The van der Waals surface area contributed by atoms with Gasteiger partial charge in [0.25, 0.3) is 5.91 Å². The fourth-order valence-electron chi connectivity index (χ4n) is 4.63. The van der Waals surface area contributed by atoms with Crippen LogP contribution in [0.3, 0.4) is 0 Å². The third-order valence-corrected chi connectivity index (χ3v) is 6.77. The summed E-state index contributed by atoms with van der Waals surface area (Å²) in [4.78, 5) is 42.5. The molecule has 8 nitrogen and oxygen atoms in total. The molecule has 1 fully saturated rings. The molecule has 5 rings (SSSR count). The first-order chi connectivity index (χ1) is 17.9. The summed E-state index contributed by atoms with van der Waals surface area (Å²) in [6.45, 7) is 5.49. The number of nitrogens with one attached hydrogen (secondary N) is 1. The summed E-state index contributed by atoms with van der Waals surface area (Å²) in [6.07, 6.45) is 4.24. The van der Waals surface area contributed by atoms with Gasteiger partial charge in [-0.15, -0.1) is 0 Å². The molecule has 1 saturated heterocycles. The van der Waals surface area contributed by atoms with E-state index in [9.17, 15) is 9.59 Å². The second kappa shape index (κ2) is 10.3. The Hall–Kier alpha value is -4.33. The van der Waals surface area contributed by atoms with Gasteiger partial charge in [0.05, 0.1) is 11.6 Å². The van der Waals surface area contributed by atoms with Crippen molar-refractivity contribution < 1.29 is 9.59 Å². The first kappa shape index (κ1) is 24.4. The largest absolute Gasteiger partial charge is 0.354 e. The highest BCUT2D eigenvalue weighted by atomic mass is 16.2. The molecule has 8 heteroatoms. The molecule has 1 aliphatic heterocycles. The molecular weight excluding hydrogens is 464 g/mol. The SMILES string of the molecule is CC(C)C(=O)N(C)[C@@H]1CCN(c2ccc3cc(NC(=O)c4ncc(-c5ccccc5)cn4)ccc3n2)C1. The van der Waals surface area contributed by atoms with Crippen LogP contribution in [0.5, 0.6) is 0 Å². The van der Waals surface area contributed by atoms with Gasteiger partial charge < -0.3 is 15.1 Å². The average Bonchev–Trinajstić information content (AvgIpc) is 3.43. The van der Waals surface area contributed by atoms with E-state index in [1.54, 1.807) is 12.4 Å². The van der Waals surface area contributed by atoms with Crippen LogP contribution in [0.1, 0.15) is 30.9 Å². The zero-order valence-corrected chi connectivity index (χ0v) is 21.3. The molecule has 0 saturated carbocycles. The average molecular weight is 495 g/mol. The summed E-state index contributed by atoms with van der Waals surface area (Å²) in [7, 11) is 1.89. The maximum atomic E-state index is 12.7. The van der Waals surface area contributed by atoms with Gasteiger partial charge in [0.1, 0.15) is 5.82 Å². The Labute approximate surface area is 216 Å². The Balaban J connectivity index is 1.25. The zero-order chi connectivity index (χ0) is 25.9. The summed E-state index contributed by atoms with van der Waals surface area (Å²) in [5.41, 5.74) is 3.34. The van der Waals surface area contributed by atoms with Crippen LogP contribution in [0.25, 0.3) is 22.0 Å². The summed E-state index contributed by atoms with van der Waals surface area (Å²) in [6, 6.07) is 19.6. The van der Waals surface area contributed by atoms with E-state index in [1.807, 2.05) is 86.5 Å². The Bertz CT molecular complexity index is 1420. The van der Waals surface area contributed by atoms with Gasteiger partial charge >= 0.3 is 0 Å². The lowest BCUT2D eigenvalue weighted by Crippen LogP contribution is -2.41. The van der Waals surface area contributed by atoms with E-state index >= 15 is 0 Å². The van der Waals surface area contributed by atoms with E-state index in [1.165, 1.54) is 0 Å². The number of pyridine rings is 1. The van der Waals surface area contributed by atoms with E-state index < -0.39 is 0 Å². The van der Waals surface area contributed by atoms with Crippen molar-refractivity contribution in [3.63, 3.8) is 0 Å². The molecule has 1 atom stereocenters. The smallest absolute Gasteiger partial charge is 0.293 e. The van der Waals surface area contributed by atoms with Crippen molar-refractivity contribution in [2.45, 2.75) is 26.3 Å². The number of benzene rings is 2. The third kappa shape index (κ3) is 5.28. The van der Waals surface area contributed by atoms with Crippen molar-refractivity contribution in [2.24, 2.45) is 5.92 Å². The normalized spacial score (nSPS) is 15.2. The van der Waals surface area contributed by atoms with Crippen molar-refractivity contribution in [3.8, 4) is 11.1 Å². The van der Waals surface area contributed by atoms with Crippen LogP contribution in [-0.2, 0) is 4.79 Å². The number of likely N-dealkylation sites (N-methyl/N-ethyl adjacent to an activating group) is 1. The number of fused-ring (bicyclic) bond motifs is 1. The van der Waals surface area contributed by atoms with Gasteiger partial charge in [-0.25, -0.2) is 15.0 Å². The second-order valence-corrected chi connectivity index (χ2v) is 9.68. The summed E-state index contributed by atoms with van der Waals surface area (Å²) in [5, 5.41) is 3.80. The molecular formula is C29H30N6O2. The molecule has 0 bridgehead atoms. The lowest BCUT2D eigenvalue weighted by Gasteiger charge is -2.26. The highest BCUT2D eigenvalue weighted by Crippen LogP contribution is 2.26. The second-order valence-electron chi connectivity index (χ2n) is 9.68. The minimum atomic E-state index is -0.369. The van der Waals surface area contributed by atoms with Gasteiger partial charge in [0.2, 0.25) is 11.7 Å². The molecule has 0 aliphatic carbocycles. The van der Waals surface area contributed by atoms with Gasteiger partial charge in [-0.1, -0.05) is 44.2 Å². The third-order valence-electron chi connectivity index (χ3n) is 6.77. The maximum absolute atomic E-state index is 12.7. The van der Waals surface area contributed by atoms with Gasteiger partial charge in [0.15, 0.2) is 0 Å². The molecule has 1 N–H and O–H groups in total. The van der Waals surface area contributed by atoms with Crippen LogP contribution in [0, 0.1) is 5.92 Å². The predicted molar refractivity (Wildman–Crippen MR) is 145 cm³/mol. The lowest BCUT2D eigenvalue weighted by molar-refractivity contribution is -0.134. The summed E-state index contributed by atoms with van der Waals surface area (Å²) >= 11 is 0. The number of carbonyl (C=O) groups excluding carboxylic acids is 2. The first-order valence-electron chi connectivity index (χ1n) is 12.5. The fourth-order valence-corrected chi connectivity index (χ4v) is 4.63. The minimum Gasteiger partial charge on any atom is -0.354 e. The number of anilines is 2. The van der Waals surface area contributed by atoms with Crippen molar-refractivity contribution in [1.29, 1.82) is 0 Å². The molecule has 2 aromatic heterocycles. The quantitative estimate of drug-likeness (QED) is 0.420. The maximum Gasteiger partial charge on any atom is 0.293 e. The van der Waals surface area contributed by atoms with Gasteiger partial charge in [-0.3, -0.25) is 9.59 Å². The predicted octanol–water partition coefficient (Wildman–Crippen LogP) is 4.64. The Morgan fingerprint density at radius 1 is 1.00 bits per heavy atom. The summed E-state index contributed by atoms with van der Waals surface area (Å²) < 4.78 is 0. The number of rotatable bonds is 6. The van der Waals surface area contributed by atoms with E-state index in [0.29, 0.717) is 5.69 Å². The van der Waals surface area contributed by atoms with Crippen molar-refractivity contribution in [2.75, 3.05) is 30.4 Å². The number of aromatic nitrogens is 3. The molecule has 2 amide bonds. The molecule has 2 aromatic carbocycles. The van der Waals surface area contributed by atoms with Crippen LogP contribution < -0.4 is 10.2 Å². The number of nitrogens with zero attached hydrogens (tertiary/aromatic N) is 5. The molecule has 3 heterocycles. The number of amides is 2. The van der Waals surface area contributed by atoms with Gasteiger partial charge in [-0.05, 0) is 42.3 Å². The Kier molecular flexibility index (Phi) is 6.81. The lowest BCUT2D eigenvalue weighted by atomic mass is 10.1. The van der Waals surface area contributed by atoms with Crippen molar-refractivity contribution >= 4 is 34.2 Å². The zero-order valence-electron chi connectivity index (χ0n) is 21.3. The molecule has 37 heavy (non-hydrogen) atoms. The van der Waals surface area contributed by atoms with Crippen molar-refractivity contribution in [1.82, 2.24) is 19.9 Å². The van der Waals surface area contributed by atoms with E-state index in [4.69, 9.17) is 4.98 Å². The summed E-state index contributed by atoms with van der Waals surface area (Å²) in [5.74, 6) is 0.798. The molecule has 4 aromatic rings. The fraction of sp³-hybridized carbons (Fsp3) is 0.276. The highest BCUT2D eigenvalue weighted by molar-refractivity contribution is 6.02. The van der Waals surface area contributed by atoms with E-state index in [-0.39, 0.29) is 29.6 Å². The Morgan fingerprint density at radius 3 is 2.49 bits per heavy atom. The van der Waals surface area contributed by atoms with Crippen LogP contribution in [0.15, 0.2) is 73.1 Å². The molecule has 0 unspecified atom stereocenters. The molecule has 1 aliphatic rings.